The first kappa shape index (κ1) is 17.9. The Morgan fingerprint density at radius 1 is 1.20 bits per heavy atom. The highest BCUT2D eigenvalue weighted by Crippen LogP contribution is 2.43. The van der Waals surface area contributed by atoms with Crippen molar-refractivity contribution in [3.63, 3.8) is 0 Å². The van der Waals surface area contributed by atoms with E-state index in [4.69, 9.17) is 4.74 Å². The highest BCUT2D eigenvalue weighted by molar-refractivity contribution is 5.89. The van der Waals surface area contributed by atoms with Crippen LogP contribution in [0, 0.1) is 6.92 Å². The van der Waals surface area contributed by atoms with Crippen molar-refractivity contribution in [3.05, 3.63) is 41.3 Å². The molecule has 2 bridgehead atoms. The molecule has 0 amide bonds. The molecule has 2 aliphatic heterocycles. The fourth-order valence-electron chi connectivity index (χ4n) is 4.03. The average molecular weight is 342 g/mol. The fourth-order valence-corrected chi connectivity index (χ4v) is 4.03. The molecule has 0 saturated carbocycles. The number of hydrogen-bond donors (Lipinski definition) is 0. The van der Waals surface area contributed by atoms with Crippen molar-refractivity contribution in [2.75, 3.05) is 14.2 Å². The van der Waals surface area contributed by atoms with Crippen LogP contribution in [0.3, 0.4) is 0 Å². The number of fused-ring (bicyclic) bond motifs is 3. The predicted octanol–water partition coefficient (Wildman–Crippen LogP) is 5.13. The van der Waals surface area contributed by atoms with Crippen LogP contribution in [-0.2, 0) is 0 Å². The molecule has 4 heteroatoms. The lowest BCUT2D eigenvalue weighted by molar-refractivity contribution is 0.230. The van der Waals surface area contributed by atoms with Crippen molar-refractivity contribution in [2.24, 2.45) is 0 Å². The molecule has 2 aromatic rings. The summed E-state index contributed by atoms with van der Waals surface area (Å²) in [5.41, 5.74) is 3.64. The van der Waals surface area contributed by atoms with Gasteiger partial charge in [0, 0.05) is 23.2 Å². The van der Waals surface area contributed by atoms with E-state index in [2.05, 4.69) is 9.88 Å². The van der Waals surface area contributed by atoms with Gasteiger partial charge in [0.15, 0.2) is 0 Å². The molecule has 0 spiro atoms. The molecule has 1 saturated heterocycles. The topological polar surface area (TPSA) is 25.4 Å². The van der Waals surface area contributed by atoms with E-state index in [-0.39, 0.29) is 11.9 Å². The summed E-state index contributed by atoms with van der Waals surface area (Å²) in [5.74, 6) is 0.839. The van der Waals surface area contributed by atoms with E-state index in [0.717, 1.165) is 52.7 Å². The zero-order chi connectivity index (χ0) is 18.1. The van der Waals surface area contributed by atoms with Gasteiger partial charge in [0.05, 0.1) is 18.7 Å². The third-order valence-electron chi connectivity index (χ3n) is 5.33. The number of nitrogens with zero attached hydrogens (tertiary/aromatic N) is 2. The van der Waals surface area contributed by atoms with Crippen LogP contribution in [0.1, 0.15) is 44.4 Å². The number of methoxy groups -OCH3 is 1. The van der Waals surface area contributed by atoms with Crippen LogP contribution >= 0.6 is 0 Å². The third kappa shape index (κ3) is 3.04. The summed E-state index contributed by atoms with van der Waals surface area (Å²) in [5, 5.41) is 0.946. The molecular weight excluding hydrogens is 315 g/mol. The molecule has 134 valence electrons. The fraction of sp³-hybridized carbons (Fsp3) is 0.476. The molecule has 25 heavy (non-hydrogen) atoms. The molecule has 4 rings (SSSR count). The van der Waals surface area contributed by atoms with E-state index in [1.54, 1.807) is 7.11 Å². The van der Waals surface area contributed by atoms with Crippen LogP contribution in [0.5, 0.6) is 5.75 Å². The van der Waals surface area contributed by atoms with E-state index in [0.29, 0.717) is 6.04 Å². The van der Waals surface area contributed by atoms with Crippen LogP contribution in [-0.4, -0.2) is 36.1 Å². The lowest BCUT2D eigenvalue weighted by Gasteiger charge is -2.32. The number of aryl methyl sites for hydroxylation is 1. The molecule has 3 nitrogen and oxygen atoms in total. The Morgan fingerprint density at radius 2 is 1.96 bits per heavy atom. The van der Waals surface area contributed by atoms with Gasteiger partial charge in [-0.15, -0.1) is 0 Å². The second-order valence-corrected chi connectivity index (χ2v) is 6.64. The van der Waals surface area contributed by atoms with Gasteiger partial charge in [-0.05, 0) is 56.5 Å². The van der Waals surface area contributed by atoms with Crippen molar-refractivity contribution in [1.29, 1.82) is 0 Å². The molecule has 1 aromatic carbocycles. The molecule has 2 aliphatic rings. The van der Waals surface area contributed by atoms with Crippen LogP contribution in [0.15, 0.2) is 30.1 Å². The lowest BCUT2D eigenvalue weighted by atomic mass is 9.93. The zero-order valence-electron chi connectivity index (χ0n) is 15.8. The molecule has 1 aromatic heterocycles. The van der Waals surface area contributed by atoms with Gasteiger partial charge in [-0.3, -0.25) is 9.88 Å². The van der Waals surface area contributed by atoms with Gasteiger partial charge in [0.1, 0.15) is 11.6 Å². The zero-order valence-corrected chi connectivity index (χ0v) is 15.8. The van der Waals surface area contributed by atoms with E-state index in [1.165, 1.54) is 0 Å². The highest BCUT2D eigenvalue weighted by atomic mass is 19.1. The summed E-state index contributed by atoms with van der Waals surface area (Å²) in [6.45, 7) is 5.95. The second-order valence-electron chi connectivity index (χ2n) is 6.64. The Morgan fingerprint density at radius 3 is 2.68 bits per heavy atom. The van der Waals surface area contributed by atoms with Gasteiger partial charge in [0.2, 0.25) is 0 Å². The molecular formula is C21H27FN2O. The summed E-state index contributed by atoms with van der Waals surface area (Å²) >= 11 is 0. The molecule has 0 N–H and O–H groups in total. The Balaban J connectivity index is 0.000000880. The largest absolute Gasteiger partial charge is 0.496 e. The maximum absolute atomic E-state index is 14.9. The molecule has 0 radical (unpaired) electrons. The van der Waals surface area contributed by atoms with E-state index in [9.17, 15) is 4.39 Å². The number of halogens is 1. The quantitative estimate of drug-likeness (QED) is 0.757. The second kappa shape index (κ2) is 7.12. The maximum atomic E-state index is 14.9. The number of ether oxygens (including phenoxy) is 1. The minimum absolute atomic E-state index is 0.0413. The SMILES string of the molecule is CC.COc1cc(C)nc2ccc(C3=C(F)[C@@H]4CC[C@H](C3)N4C)cc12. The Labute approximate surface area is 149 Å². The first-order valence-corrected chi connectivity index (χ1v) is 9.14. The van der Waals surface area contributed by atoms with Gasteiger partial charge < -0.3 is 4.74 Å². The highest BCUT2D eigenvalue weighted by Gasteiger charge is 2.39. The van der Waals surface area contributed by atoms with Gasteiger partial charge in [0.25, 0.3) is 0 Å². The minimum atomic E-state index is -0.0440. The minimum Gasteiger partial charge on any atom is -0.496 e. The van der Waals surface area contributed by atoms with E-state index >= 15 is 0 Å². The van der Waals surface area contributed by atoms with Crippen LogP contribution in [0.2, 0.25) is 0 Å². The van der Waals surface area contributed by atoms with E-state index in [1.807, 2.05) is 52.1 Å². The standard InChI is InChI=1S/C19H21FN2O.C2H6/c1-11-8-18(23-3)15-9-12(4-6-16(15)21-11)14-10-13-5-7-17(19(14)20)22(13)2;1-2/h4,6,8-9,13,17H,5,7,10H2,1-3H3;1-2H3/t13-,17+;/m1./s1. The normalized spacial score (nSPS) is 22.8. The molecule has 0 unspecified atom stereocenters. The van der Waals surface area contributed by atoms with Crippen molar-refractivity contribution in [1.82, 2.24) is 9.88 Å². The summed E-state index contributed by atoms with van der Waals surface area (Å²) in [7, 11) is 3.70. The Kier molecular flexibility index (Phi) is 5.09. The third-order valence-corrected chi connectivity index (χ3v) is 5.33. The van der Waals surface area contributed by atoms with Gasteiger partial charge in [-0.25, -0.2) is 4.39 Å². The molecule has 0 aliphatic carbocycles. The summed E-state index contributed by atoms with van der Waals surface area (Å²) in [6, 6.07) is 8.34. The molecule has 3 heterocycles. The summed E-state index contributed by atoms with van der Waals surface area (Å²) < 4.78 is 20.4. The molecule has 1 fully saturated rings. The van der Waals surface area contributed by atoms with Crippen LogP contribution < -0.4 is 4.74 Å². The van der Waals surface area contributed by atoms with Gasteiger partial charge in [-0.1, -0.05) is 19.9 Å². The van der Waals surface area contributed by atoms with Crippen molar-refractivity contribution in [3.8, 4) is 5.75 Å². The lowest BCUT2D eigenvalue weighted by Crippen LogP contribution is -2.36. The smallest absolute Gasteiger partial charge is 0.130 e. The van der Waals surface area contributed by atoms with Crippen molar-refractivity contribution >= 4 is 16.5 Å². The average Bonchev–Trinajstić information content (AvgIpc) is 2.89. The summed E-state index contributed by atoms with van der Waals surface area (Å²) in [6.07, 6.45) is 2.79. The van der Waals surface area contributed by atoms with Crippen molar-refractivity contribution < 1.29 is 9.13 Å². The van der Waals surface area contributed by atoms with Crippen LogP contribution in [0.4, 0.5) is 4.39 Å². The number of rotatable bonds is 2. The van der Waals surface area contributed by atoms with Crippen molar-refractivity contribution in [2.45, 2.75) is 52.1 Å². The number of hydrogen-bond acceptors (Lipinski definition) is 3. The van der Waals surface area contributed by atoms with Crippen LogP contribution in [0.25, 0.3) is 16.5 Å². The summed E-state index contributed by atoms with van der Waals surface area (Å²) in [4.78, 5) is 6.73. The Hall–Kier alpha value is -1.94. The van der Waals surface area contributed by atoms with Gasteiger partial charge >= 0.3 is 0 Å². The molecule has 2 atom stereocenters. The number of benzene rings is 1. The predicted molar refractivity (Wildman–Crippen MR) is 102 cm³/mol. The maximum Gasteiger partial charge on any atom is 0.130 e. The first-order chi connectivity index (χ1) is 12.1. The number of pyridine rings is 1. The number of likely N-dealkylation sites (N-methyl/N-ethyl adjacent to an activating group) is 1. The number of aromatic nitrogens is 1. The Bertz CT molecular complexity index is 815. The first-order valence-electron chi connectivity index (χ1n) is 9.14. The van der Waals surface area contributed by atoms with Gasteiger partial charge in [-0.2, -0.15) is 0 Å². The van der Waals surface area contributed by atoms with E-state index < -0.39 is 0 Å². The monoisotopic (exact) mass is 342 g/mol.